The minimum atomic E-state index is -0.393. The van der Waals surface area contributed by atoms with Gasteiger partial charge in [0.05, 0.1) is 22.3 Å². The molecule has 1 N–H and O–H groups in total. The topological polar surface area (TPSA) is 76.2 Å². The highest BCUT2D eigenvalue weighted by molar-refractivity contribution is 7.80. The van der Waals surface area contributed by atoms with Gasteiger partial charge in [0.25, 0.3) is 5.69 Å². The number of benzene rings is 2. The van der Waals surface area contributed by atoms with Gasteiger partial charge in [-0.2, -0.15) is 0 Å². The van der Waals surface area contributed by atoms with Crippen LogP contribution < -0.4 is 10.2 Å². The highest BCUT2D eigenvalue weighted by Gasteiger charge is 2.42. The van der Waals surface area contributed by atoms with Gasteiger partial charge in [-0.15, -0.1) is 0 Å². The van der Waals surface area contributed by atoms with Crippen molar-refractivity contribution in [3.63, 3.8) is 0 Å². The molecule has 2 unspecified atom stereocenters. The van der Waals surface area contributed by atoms with E-state index in [0.29, 0.717) is 15.8 Å². The third kappa shape index (κ3) is 3.94. The largest absolute Gasteiger partial charge is 0.351 e. The molecule has 2 aromatic heterocycles. The lowest BCUT2D eigenvalue weighted by atomic mass is 10.0. The first-order chi connectivity index (χ1) is 16.0. The molecule has 1 saturated heterocycles. The van der Waals surface area contributed by atoms with Crippen LogP contribution in [0.15, 0.2) is 91.3 Å². The summed E-state index contributed by atoms with van der Waals surface area (Å²) in [6.07, 6.45) is 3.65. The number of aromatic nitrogens is 2. The number of nitrogens with one attached hydrogen (secondary N) is 1. The average Bonchev–Trinajstić information content (AvgIpc) is 3.44. The second-order valence-corrected chi connectivity index (χ2v) is 8.38. The van der Waals surface area contributed by atoms with Crippen molar-refractivity contribution in [2.24, 2.45) is 0 Å². The van der Waals surface area contributed by atoms with E-state index in [2.05, 4.69) is 10.3 Å². The third-order valence-electron chi connectivity index (χ3n) is 5.60. The molecule has 0 saturated carbocycles. The van der Waals surface area contributed by atoms with Crippen molar-refractivity contribution >= 4 is 40.3 Å². The summed E-state index contributed by atoms with van der Waals surface area (Å²) in [5.74, 6) is 0. The molecule has 33 heavy (non-hydrogen) atoms. The van der Waals surface area contributed by atoms with E-state index in [9.17, 15) is 10.1 Å². The predicted octanol–water partition coefficient (Wildman–Crippen LogP) is 5.61. The van der Waals surface area contributed by atoms with Gasteiger partial charge in [0.1, 0.15) is 6.04 Å². The highest BCUT2D eigenvalue weighted by Crippen LogP contribution is 2.42. The van der Waals surface area contributed by atoms with Crippen molar-refractivity contribution in [1.29, 1.82) is 0 Å². The molecule has 164 valence electrons. The number of nitrogens with zero attached hydrogens (tertiary/aromatic N) is 4. The molecule has 5 rings (SSSR count). The molecule has 0 amide bonds. The molecule has 0 aliphatic carbocycles. The van der Waals surface area contributed by atoms with Crippen LogP contribution >= 0.6 is 23.8 Å². The SMILES string of the molecule is O=[N+]([O-])c1cccc(-n2cccc2C2C(c3ccccn3)NC(=S)N2c2ccc(Cl)cc2)c1. The lowest BCUT2D eigenvalue weighted by molar-refractivity contribution is -0.384. The molecule has 0 bridgehead atoms. The number of rotatable bonds is 5. The Morgan fingerprint density at radius 3 is 2.55 bits per heavy atom. The van der Waals surface area contributed by atoms with Crippen molar-refractivity contribution in [3.05, 3.63) is 118 Å². The van der Waals surface area contributed by atoms with Crippen LogP contribution in [-0.2, 0) is 0 Å². The van der Waals surface area contributed by atoms with Crippen LogP contribution in [0.1, 0.15) is 23.5 Å². The van der Waals surface area contributed by atoms with E-state index in [4.69, 9.17) is 23.8 Å². The van der Waals surface area contributed by atoms with Gasteiger partial charge in [-0.1, -0.05) is 23.7 Å². The Morgan fingerprint density at radius 1 is 1.00 bits per heavy atom. The Morgan fingerprint density at radius 2 is 1.82 bits per heavy atom. The molecule has 9 heteroatoms. The maximum Gasteiger partial charge on any atom is 0.271 e. The van der Waals surface area contributed by atoms with Gasteiger partial charge in [-0.25, -0.2) is 0 Å². The Labute approximate surface area is 200 Å². The normalized spacial score (nSPS) is 17.7. The molecular weight excluding hydrogens is 458 g/mol. The molecule has 4 aromatic rings. The van der Waals surface area contributed by atoms with Crippen molar-refractivity contribution < 1.29 is 4.92 Å². The van der Waals surface area contributed by atoms with E-state index in [0.717, 1.165) is 17.1 Å². The van der Waals surface area contributed by atoms with Crippen molar-refractivity contribution in [1.82, 2.24) is 14.9 Å². The van der Waals surface area contributed by atoms with Gasteiger partial charge in [0.15, 0.2) is 5.11 Å². The molecule has 2 atom stereocenters. The van der Waals surface area contributed by atoms with Gasteiger partial charge in [-0.3, -0.25) is 15.1 Å². The first-order valence-corrected chi connectivity index (χ1v) is 11.0. The maximum absolute atomic E-state index is 11.4. The number of hydrogen-bond donors (Lipinski definition) is 1. The maximum atomic E-state index is 11.4. The number of hydrogen-bond acceptors (Lipinski definition) is 4. The molecule has 0 radical (unpaired) electrons. The van der Waals surface area contributed by atoms with Crippen LogP contribution in [0.3, 0.4) is 0 Å². The van der Waals surface area contributed by atoms with E-state index in [-0.39, 0.29) is 17.8 Å². The average molecular weight is 476 g/mol. The van der Waals surface area contributed by atoms with Crippen LogP contribution in [0.4, 0.5) is 11.4 Å². The lowest BCUT2D eigenvalue weighted by Gasteiger charge is -2.29. The summed E-state index contributed by atoms with van der Waals surface area (Å²) in [5.41, 5.74) is 3.36. The zero-order valence-corrected chi connectivity index (χ0v) is 18.8. The van der Waals surface area contributed by atoms with Crippen molar-refractivity contribution in [2.45, 2.75) is 12.1 Å². The number of nitro benzene ring substituents is 1. The van der Waals surface area contributed by atoms with Gasteiger partial charge in [0.2, 0.25) is 0 Å². The number of halogens is 1. The Balaban J connectivity index is 1.66. The predicted molar refractivity (Wildman–Crippen MR) is 132 cm³/mol. The lowest BCUT2D eigenvalue weighted by Crippen LogP contribution is -2.30. The number of non-ortho nitro benzene ring substituents is 1. The Hall–Kier alpha value is -3.75. The van der Waals surface area contributed by atoms with E-state index in [1.165, 1.54) is 6.07 Å². The fourth-order valence-electron chi connectivity index (χ4n) is 4.16. The Kier molecular flexibility index (Phi) is 5.53. The van der Waals surface area contributed by atoms with Gasteiger partial charge < -0.3 is 14.8 Å². The number of pyridine rings is 1. The minimum absolute atomic E-state index is 0.0306. The number of thiocarbonyl (C=S) groups is 1. The molecule has 1 aliphatic heterocycles. The summed E-state index contributed by atoms with van der Waals surface area (Å²) < 4.78 is 1.95. The monoisotopic (exact) mass is 475 g/mol. The fraction of sp³-hybridized carbons (Fsp3) is 0.0833. The fourth-order valence-corrected chi connectivity index (χ4v) is 4.63. The summed E-state index contributed by atoms with van der Waals surface area (Å²) in [6, 6.07) is 23.3. The first-order valence-electron chi connectivity index (χ1n) is 10.2. The second-order valence-electron chi connectivity index (χ2n) is 7.55. The van der Waals surface area contributed by atoms with Gasteiger partial charge in [-0.05, 0) is 66.8 Å². The first kappa shape index (κ1) is 21.1. The van der Waals surface area contributed by atoms with Gasteiger partial charge >= 0.3 is 0 Å². The summed E-state index contributed by atoms with van der Waals surface area (Å²) in [4.78, 5) is 17.6. The summed E-state index contributed by atoms with van der Waals surface area (Å²) in [7, 11) is 0. The number of nitro groups is 1. The highest BCUT2D eigenvalue weighted by atomic mass is 35.5. The quantitative estimate of drug-likeness (QED) is 0.229. The van der Waals surface area contributed by atoms with Crippen molar-refractivity contribution in [2.75, 3.05) is 4.90 Å². The summed E-state index contributed by atoms with van der Waals surface area (Å²) in [5, 5.41) is 16.0. The van der Waals surface area contributed by atoms with Gasteiger partial charge in [0, 0.05) is 40.9 Å². The van der Waals surface area contributed by atoms with Crippen molar-refractivity contribution in [3.8, 4) is 5.69 Å². The molecular formula is C24H18ClN5O2S. The Bertz CT molecular complexity index is 1330. The van der Waals surface area contributed by atoms with E-state index in [1.54, 1.807) is 18.3 Å². The second kappa shape index (κ2) is 8.65. The van der Waals surface area contributed by atoms with Crippen LogP contribution in [-0.4, -0.2) is 19.6 Å². The summed E-state index contributed by atoms with van der Waals surface area (Å²) in [6.45, 7) is 0. The van der Waals surface area contributed by atoms with Crippen LogP contribution in [0.5, 0.6) is 0 Å². The smallest absolute Gasteiger partial charge is 0.271 e. The zero-order chi connectivity index (χ0) is 22.9. The van der Waals surface area contributed by atoms with Crippen LogP contribution in [0.2, 0.25) is 5.02 Å². The molecule has 0 spiro atoms. The molecule has 3 heterocycles. The van der Waals surface area contributed by atoms with E-state index in [1.807, 2.05) is 76.3 Å². The summed E-state index contributed by atoms with van der Waals surface area (Å²) >= 11 is 11.9. The molecule has 1 fully saturated rings. The van der Waals surface area contributed by atoms with E-state index >= 15 is 0 Å². The molecule has 1 aliphatic rings. The minimum Gasteiger partial charge on any atom is -0.351 e. The standard InChI is InChI=1S/C24H18ClN5O2S/c25-16-9-11-17(12-10-16)29-23(22(27-24(29)33)20-7-1-2-13-26-20)21-8-4-14-28(21)18-5-3-6-19(15-18)30(31)32/h1-15,22-23H,(H,27,33). The zero-order valence-electron chi connectivity index (χ0n) is 17.2. The van der Waals surface area contributed by atoms with E-state index < -0.39 is 4.92 Å². The third-order valence-corrected chi connectivity index (χ3v) is 6.17. The number of anilines is 1. The molecule has 2 aromatic carbocycles. The van der Waals surface area contributed by atoms with Crippen LogP contribution in [0, 0.1) is 10.1 Å². The van der Waals surface area contributed by atoms with Crippen LogP contribution in [0.25, 0.3) is 5.69 Å². The molecule has 7 nitrogen and oxygen atoms in total.